The number of halogens is 1. The Kier molecular flexibility index (Phi) is 4.87. The largest absolute Gasteiger partial charge is 0.381 e. The molecule has 4 rings (SSSR count). The molecule has 0 bridgehead atoms. The SMILES string of the molecule is O=C(c1cccc(-c2ncc[nH]2)c1)N1CCC[C@@H](Nc2ccc(F)cc2)C1. The van der Waals surface area contributed by atoms with Gasteiger partial charge in [-0.3, -0.25) is 4.79 Å². The second-order valence-corrected chi connectivity index (χ2v) is 6.76. The highest BCUT2D eigenvalue weighted by molar-refractivity contribution is 5.95. The number of aromatic nitrogens is 2. The van der Waals surface area contributed by atoms with E-state index in [2.05, 4.69) is 15.3 Å². The molecule has 0 unspecified atom stereocenters. The summed E-state index contributed by atoms with van der Waals surface area (Å²) in [5.41, 5.74) is 2.42. The number of nitrogens with zero attached hydrogens (tertiary/aromatic N) is 2. The lowest BCUT2D eigenvalue weighted by molar-refractivity contribution is 0.0715. The number of hydrogen-bond acceptors (Lipinski definition) is 3. The molecule has 27 heavy (non-hydrogen) atoms. The minimum Gasteiger partial charge on any atom is -0.381 e. The maximum absolute atomic E-state index is 13.1. The molecule has 2 aromatic carbocycles. The van der Waals surface area contributed by atoms with Gasteiger partial charge in [-0.15, -0.1) is 0 Å². The molecule has 1 aliphatic rings. The fourth-order valence-electron chi connectivity index (χ4n) is 3.47. The van der Waals surface area contributed by atoms with E-state index in [9.17, 15) is 9.18 Å². The Labute approximate surface area is 157 Å². The number of imidazole rings is 1. The molecule has 0 radical (unpaired) electrons. The summed E-state index contributed by atoms with van der Waals surface area (Å²) in [6.07, 6.45) is 5.37. The normalized spacial score (nSPS) is 16.9. The highest BCUT2D eigenvalue weighted by Crippen LogP contribution is 2.21. The summed E-state index contributed by atoms with van der Waals surface area (Å²) < 4.78 is 13.1. The number of H-pyrrole nitrogens is 1. The zero-order chi connectivity index (χ0) is 18.6. The first-order valence-corrected chi connectivity index (χ1v) is 9.10. The van der Waals surface area contributed by atoms with Crippen LogP contribution in [0.4, 0.5) is 10.1 Å². The monoisotopic (exact) mass is 364 g/mol. The molecule has 6 heteroatoms. The summed E-state index contributed by atoms with van der Waals surface area (Å²) in [4.78, 5) is 22.2. The molecular weight excluding hydrogens is 343 g/mol. The maximum atomic E-state index is 13.1. The van der Waals surface area contributed by atoms with Crippen molar-refractivity contribution in [1.82, 2.24) is 14.9 Å². The summed E-state index contributed by atoms with van der Waals surface area (Å²) in [6, 6.07) is 14.0. The van der Waals surface area contributed by atoms with E-state index in [1.165, 1.54) is 12.1 Å². The molecule has 3 aromatic rings. The summed E-state index contributed by atoms with van der Waals surface area (Å²) in [5.74, 6) is 0.519. The van der Waals surface area contributed by atoms with Gasteiger partial charge in [0, 0.05) is 48.3 Å². The Morgan fingerprint density at radius 2 is 2.07 bits per heavy atom. The Morgan fingerprint density at radius 3 is 2.85 bits per heavy atom. The molecule has 2 heterocycles. The van der Waals surface area contributed by atoms with Gasteiger partial charge in [0.05, 0.1) is 0 Å². The van der Waals surface area contributed by atoms with Crippen LogP contribution in [0.2, 0.25) is 0 Å². The first-order valence-electron chi connectivity index (χ1n) is 9.10. The van der Waals surface area contributed by atoms with E-state index >= 15 is 0 Å². The van der Waals surface area contributed by atoms with Crippen molar-refractivity contribution >= 4 is 11.6 Å². The molecule has 5 nitrogen and oxygen atoms in total. The summed E-state index contributed by atoms with van der Waals surface area (Å²) in [7, 11) is 0. The third kappa shape index (κ3) is 4.00. The minimum atomic E-state index is -0.252. The van der Waals surface area contributed by atoms with E-state index < -0.39 is 0 Å². The van der Waals surface area contributed by atoms with Crippen molar-refractivity contribution in [2.45, 2.75) is 18.9 Å². The Bertz CT molecular complexity index is 908. The Hall–Kier alpha value is -3.15. The van der Waals surface area contributed by atoms with Crippen molar-refractivity contribution in [3.63, 3.8) is 0 Å². The quantitative estimate of drug-likeness (QED) is 0.737. The molecule has 1 aromatic heterocycles. The van der Waals surface area contributed by atoms with E-state index in [1.54, 1.807) is 24.5 Å². The topological polar surface area (TPSA) is 61.0 Å². The molecule has 1 atom stereocenters. The van der Waals surface area contributed by atoms with Crippen LogP contribution in [0.1, 0.15) is 23.2 Å². The average Bonchev–Trinajstić information content (AvgIpc) is 3.24. The van der Waals surface area contributed by atoms with Gasteiger partial charge in [0.15, 0.2) is 0 Å². The molecule has 0 aliphatic carbocycles. The number of carbonyl (C=O) groups excluding carboxylic acids is 1. The van der Waals surface area contributed by atoms with Crippen LogP contribution in [0.15, 0.2) is 60.9 Å². The van der Waals surface area contributed by atoms with Crippen LogP contribution in [0.3, 0.4) is 0 Å². The van der Waals surface area contributed by atoms with Gasteiger partial charge in [-0.2, -0.15) is 0 Å². The van der Waals surface area contributed by atoms with E-state index in [1.807, 2.05) is 29.2 Å². The van der Waals surface area contributed by atoms with Gasteiger partial charge in [0.2, 0.25) is 0 Å². The number of nitrogens with one attached hydrogen (secondary N) is 2. The molecular formula is C21H21FN4O. The lowest BCUT2D eigenvalue weighted by Gasteiger charge is -2.34. The molecule has 1 amide bonds. The summed E-state index contributed by atoms with van der Waals surface area (Å²) in [6.45, 7) is 1.37. The fourth-order valence-corrected chi connectivity index (χ4v) is 3.47. The number of anilines is 1. The smallest absolute Gasteiger partial charge is 0.253 e. The minimum absolute atomic E-state index is 0.0222. The second-order valence-electron chi connectivity index (χ2n) is 6.76. The predicted molar refractivity (Wildman–Crippen MR) is 103 cm³/mol. The number of benzene rings is 2. The summed E-state index contributed by atoms with van der Waals surface area (Å²) >= 11 is 0. The van der Waals surface area contributed by atoms with Crippen LogP contribution in [0.25, 0.3) is 11.4 Å². The highest BCUT2D eigenvalue weighted by atomic mass is 19.1. The maximum Gasteiger partial charge on any atom is 0.253 e. The second kappa shape index (κ2) is 7.61. The van der Waals surface area contributed by atoms with Crippen LogP contribution in [-0.2, 0) is 0 Å². The standard InChI is InChI=1S/C21H21FN4O/c22-17-6-8-18(9-7-17)25-19-5-2-12-26(14-19)21(27)16-4-1-3-15(13-16)20-23-10-11-24-20/h1,3-4,6-11,13,19,25H,2,5,12,14H2,(H,23,24)/t19-/m1/s1. The lowest BCUT2D eigenvalue weighted by atomic mass is 10.0. The van der Waals surface area contributed by atoms with Crippen molar-refractivity contribution in [3.05, 3.63) is 72.3 Å². The van der Waals surface area contributed by atoms with Crippen molar-refractivity contribution in [2.75, 3.05) is 18.4 Å². The number of rotatable bonds is 4. The van der Waals surface area contributed by atoms with Crippen LogP contribution in [0.5, 0.6) is 0 Å². The van der Waals surface area contributed by atoms with Crippen LogP contribution in [-0.4, -0.2) is 39.9 Å². The van der Waals surface area contributed by atoms with Gasteiger partial charge in [-0.25, -0.2) is 9.37 Å². The molecule has 0 saturated carbocycles. The van der Waals surface area contributed by atoms with Gasteiger partial charge in [0.25, 0.3) is 5.91 Å². The van der Waals surface area contributed by atoms with E-state index in [-0.39, 0.29) is 17.8 Å². The first kappa shape index (κ1) is 17.3. The predicted octanol–water partition coefficient (Wildman–Crippen LogP) is 3.93. The molecule has 0 spiro atoms. The van der Waals surface area contributed by atoms with Gasteiger partial charge < -0.3 is 15.2 Å². The van der Waals surface area contributed by atoms with Gasteiger partial charge in [0.1, 0.15) is 11.6 Å². The van der Waals surface area contributed by atoms with Crippen molar-refractivity contribution in [2.24, 2.45) is 0 Å². The van der Waals surface area contributed by atoms with Crippen molar-refractivity contribution in [1.29, 1.82) is 0 Å². The van der Waals surface area contributed by atoms with E-state index in [0.29, 0.717) is 12.1 Å². The Balaban J connectivity index is 1.45. The van der Waals surface area contributed by atoms with Gasteiger partial charge >= 0.3 is 0 Å². The number of carbonyl (C=O) groups is 1. The third-order valence-electron chi connectivity index (χ3n) is 4.80. The van der Waals surface area contributed by atoms with Crippen LogP contribution in [0, 0.1) is 5.82 Å². The number of hydrogen-bond donors (Lipinski definition) is 2. The van der Waals surface area contributed by atoms with Crippen molar-refractivity contribution in [3.8, 4) is 11.4 Å². The molecule has 1 aliphatic heterocycles. The van der Waals surface area contributed by atoms with E-state index in [4.69, 9.17) is 0 Å². The lowest BCUT2D eigenvalue weighted by Crippen LogP contribution is -2.45. The number of likely N-dealkylation sites (tertiary alicyclic amines) is 1. The van der Waals surface area contributed by atoms with Gasteiger partial charge in [-0.1, -0.05) is 12.1 Å². The number of aromatic amines is 1. The van der Waals surface area contributed by atoms with Crippen LogP contribution >= 0.6 is 0 Å². The molecule has 1 saturated heterocycles. The molecule has 1 fully saturated rings. The fraction of sp³-hybridized carbons (Fsp3) is 0.238. The highest BCUT2D eigenvalue weighted by Gasteiger charge is 2.24. The Morgan fingerprint density at radius 1 is 1.22 bits per heavy atom. The molecule has 2 N–H and O–H groups in total. The zero-order valence-corrected chi connectivity index (χ0v) is 14.9. The first-order chi connectivity index (χ1) is 13.2. The summed E-state index contributed by atoms with van der Waals surface area (Å²) in [5, 5.41) is 3.40. The van der Waals surface area contributed by atoms with Crippen LogP contribution < -0.4 is 5.32 Å². The third-order valence-corrected chi connectivity index (χ3v) is 4.80. The average molecular weight is 364 g/mol. The number of amides is 1. The zero-order valence-electron chi connectivity index (χ0n) is 14.9. The molecule has 138 valence electrons. The number of piperidine rings is 1. The van der Waals surface area contributed by atoms with E-state index in [0.717, 1.165) is 36.5 Å². The van der Waals surface area contributed by atoms with Crippen molar-refractivity contribution < 1.29 is 9.18 Å². The van der Waals surface area contributed by atoms with Gasteiger partial charge in [-0.05, 0) is 49.2 Å².